The Hall–Kier alpha value is -0.410. The standard InChI is InChI=1S/C12H20O3/c1-14-11-3-2-4-12(11)15-10-7-5-9(13)6-8-10/h10-12H,2-8H2,1H3. The van der Waals surface area contributed by atoms with Gasteiger partial charge in [-0.3, -0.25) is 4.79 Å². The molecule has 2 rings (SSSR count). The topological polar surface area (TPSA) is 35.5 Å². The first-order valence-corrected chi connectivity index (χ1v) is 5.99. The van der Waals surface area contributed by atoms with E-state index in [1.165, 1.54) is 6.42 Å². The Morgan fingerprint density at radius 3 is 2.40 bits per heavy atom. The molecule has 0 bridgehead atoms. The zero-order valence-electron chi connectivity index (χ0n) is 9.41. The highest BCUT2D eigenvalue weighted by Gasteiger charge is 2.31. The molecule has 3 heteroatoms. The summed E-state index contributed by atoms with van der Waals surface area (Å²) in [4.78, 5) is 11.1. The van der Waals surface area contributed by atoms with Gasteiger partial charge in [0.15, 0.2) is 0 Å². The molecule has 0 amide bonds. The van der Waals surface area contributed by atoms with Crippen LogP contribution in [0.3, 0.4) is 0 Å². The summed E-state index contributed by atoms with van der Waals surface area (Å²) in [7, 11) is 1.76. The molecule has 2 fully saturated rings. The third-order valence-electron chi connectivity index (χ3n) is 3.55. The van der Waals surface area contributed by atoms with Crippen LogP contribution in [0, 0.1) is 0 Å². The Morgan fingerprint density at radius 1 is 1.07 bits per heavy atom. The molecule has 2 aliphatic carbocycles. The van der Waals surface area contributed by atoms with E-state index < -0.39 is 0 Å². The van der Waals surface area contributed by atoms with E-state index in [4.69, 9.17) is 9.47 Å². The summed E-state index contributed by atoms with van der Waals surface area (Å²) in [5, 5.41) is 0. The van der Waals surface area contributed by atoms with E-state index in [1.54, 1.807) is 7.11 Å². The highest BCUT2D eigenvalue weighted by atomic mass is 16.5. The second-order valence-corrected chi connectivity index (χ2v) is 4.62. The number of hydrogen-bond acceptors (Lipinski definition) is 3. The Balaban J connectivity index is 1.78. The van der Waals surface area contributed by atoms with Crippen LogP contribution >= 0.6 is 0 Å². The number of ketones is 1. The molecule has 0 aliphatic heterocycles. The summed E-state index contributed by atoms with van der Waals surface area (Å²) in [5.41, 5.74) is 0. The van der Waals surface area contributed by atoms with Gasteiger partial charge in [-0.05, 0) is 32.1 Å². The number of carbonyl (C=O) groups excluding carboxylic acids is 1. The number of methoxy groups -OCH3 is 1. The third-order valence-corrected chi connectivity index (χ3v) is 3.55. The van der Waals surface area contributed by atoms with E-state index in [0.29, 0.717) is 24.7 Å². The van der Waals surface area contributed by atoms with E-state index >= 15 is 0 Å². The molecule has 2 saturated carbocycles. The minimum atomic E-state index is 0.271. The first-order chi connectivity index (χ1) is 7.29. The van der Waals surface area contributed by atoms with Gasteiger partial charge in [0.2, 0.25) is 0 Å². The van der Waals surface area contributed by atoms with E-state index in [2.05, 4.69) is 0 Å². The molecule has 0 saturated heterocycles. The fourth-order valence-electron chi connectivity index (χ4n) is 2.61. The van der Waals surface area contributed by atoms with Crippen molar-refractivity contribution in [2.75, 3.05) is 7.11 Å². The predicted octanol–water partition coefficient (Wildman–Crippen LogP) is 2.08. The van der Waals surface area contributed by atoms with Crippen molar-refractivity contribution in [3.63, 3.8) is 0 Å². The summed E-state index contributed by atoms with van der Waals surface area (Å²) < 4.78 is 11.4. The number of Topliss-reactive ketones (excluding diaryl/α,β-unsaturated/α-hetero) is 1. The van der Waals surface area contributed by atoms with E-state index in [0.717, 1.165) is 25.7 Å². The van der Waals surface area contributed by atoms with Gasteiger partial charge in [-0.15, -0.1) is 0 Å². The molecule has 15 heavy (non-hydrogen) atoms. The highest BCUT2D eigenvalue weighted by Crippen LogP contribution is 2.28. The van der Waals surface area contributed by atoms with Gasteiger partial charge in [-0.25, -0.2) is 0 Å². The average molecular weight is 212 g/mol. The smallest absolute Gasteiger partial charge is 0.133 e. The van der Waals surface area contributed by atoms with Crippen molar-refractivity contribution in [3.8, 4) is 0 Å². The lowest BCUT2D eigenvalue weighted by molar-refractivity contribution is -0.127. The normalized spacial score (nSPS) is 33.5. The van der Waals surface area contributed by atoms with Gasteiger partial charge >= 0.3 is 0 Å². The molecule has 2 unspecified atom stereocenters. The Bertz CT molecular complexity index is 217. The van der Waals surface area contributed by atoms with Crippen LogP contribution in [0.5, 0.6) is 0 Å². The van der Waals surface area contributed by atoms with Gasteiger partial charge in [0.05, 0.1) is 18.3 Å². The van der Waals surface area contributed by atoms with Gasteiger partial charge in [-0.2, -0.15) is 0 Å². The Morgan fingerprint density at radius 2 is 1.73 bits per heavy atom. The molecule has 0 aromatic carbocycles. The minimum absolute atomic E-state index is 0.271. The fourth-order valence-corrected chi connectivity index (χ4v) is 2.61. The third kappa shape index (κ3) is 2.79. The van der Waals surface area contributed by atoms with E-state index in [1.807, 2.05) is 0 Å². The van der Waals surface area contributed by atoms with Crippen molar-refractivity contribution in [3.05, 3.63) is 0 Å². The summed E-state index contributed by atoms with van der Waals surface area (Å²) in [5.74, 6) is 0.393. The second-order valence-electron chi connectivity index (χ2n) is 4.62. The number of rotatable bonds is 3. The summed E-state index contributed by atoms with van der Waals surface area (Å²) in [6.07, 6.45) is 7.51. The van der Waals surface area contributed by atoms with Crippen molar-refractivity contribution in [1.29, 1.82) is 0 Å². The maximum atomic E-state index is 11.1. The SMILES string of the molecule is COC1CCCC1OC1CCC(=O)CC1. The van der Waals surface area contributed by atoms with E-state index in [9.17, 15) is 4.79 Å². The van der Waals surface area contributed by atoms with Crippen LogP contribution in [0.25, 0.3) is 0 Å². The zero-order chi connectivity index (χ0) is 10.7. The minimum Gasteiger partial charge on any atom is -0.379 e. The predicted molar refractivity (Wildman–Crippen MR) is 56.8 cm³/mol. The summed E-state index contributed by atoms with van der Waals surface area (Å²) in [6.45, 7) is 0. The number of hydrogen-bond donors (Lipinski definition) is 0. The largest absolute Gasteiger partial charge is 0.379 e. The molecule has 86 valence electrons. The molecule has 0 aromatic rings. The highest BCUT2D eigenvalue weighted by molar-refractivity contribution is 5.79. The Labute approximate surface area is 91.1 Å². The molecule has 3 nitrogen and oxygen atoms in total. The van der Waals surface area contributed by atoms with Crippen molar-refractivity contribution < 1.29 is 14.3 Å². The molecule has 0 spiro atoms. The molecule has 0 N–H and O–H groups in total. The van der Waals surface area contributed by atoms with E-state index in [-0.39, 0.29) is 12.2 Å². The second kappa shape index (κ2) is 5.08. The van der Waals surface area contributed by atoms with Crippen LogP contribution in [0.2, 0.25) is 0 Å². The molecule has 2 atom stereocenters. The lowest BCUT2D eigenvalue weighted by Crippen LogP contribution is -2.32. The van der Waals surface area contributed by atoms with Crippen molar-refractivity contribution in [2.45, 2.75) is 63.3 Å². The van der Waals surface area contributed by atoms with Crippen molar-refractivity contribution >= 4 is 5.78 Å². The summed E-state index contributed by atoms with van der Waals surface area (Å²) in [6, 6.07) is 0. The lowest BCUT2D eigenvalue weighted by Gasteiger charge is -2.27. The zero-order valence-corrected chi connectivity index (χ0v) is 9.41. The maximum Gasteiger partial charge on any atom is 0.133 e. The van der Waals surface area contributed by atoms with Crippen LogP contribution in [0.4, 0.5) is 0 Å². The van der Waals surface area contributed by atoms with Crippen molar-refractivity contribution in [1.82, 2.24) is 0 Å². The van der Waals surface area contributed by atoms with Crippen LogP contribution in [-0.4, -0.2) is 31.2 Å². The van der Waals surface area contributed by atoms with Crippen LogP contribution in [-0.2, 0) is 14.3 Å². The Kier molecular flexibility index (Phi) is 3.76. The van der Waals surface area contributed by atoms with Gasteiger partial charge < -0.3 is 9.47 Å². The molecule has 2 aliphatic rings. The van der Waals surface area contributed by atoms with Crippen LogP contribution in [0.15, 0.2) is 0 Å². The molecule has 0 heterocycles. The quantitative estimate of drug-likeness (QED) is 0.718. The first kappa shape index (κ1) is 11.1. The molecular weight excluding hydrogens is 192 g/mol. The van der Waals surface area contributed by atoms with Gasteiger partial charge in [0.1, 0.15) is 5.78 Å². The molecule has 0 radical (unpaired) electrons. The number of carbonyl (C=O) groups is 1. The lowest BCUT2D eigenvalue weighted by atomic mass is 9.96. The monoisotopic (exact) mass is 212 g/mol. The van der Waals surface area contributed by atoms with Gasteiger partial charge in [0.25, 0.3) is 0 Å². The van der Waals surface area contributed by atoms with Crippen LogP contribution < -0.4 is 0 Å². The van der Waals surface area contributed by atoms with Gasteiger partial charge in [-0.1, -0.05) is 0 Å². The first-order valence-electron chi connectivity index (χ1n) is 5.99. The fraction of sp³-hybridized carbons (Fsp3) is 0.917. The molecule has 0 aromatic heterocycles. The molecular formula is C12H20O3. The average Bonchev–Trinajstić information content (AvgIpc) is 2.69. The van der Waals surface area contributed by atoms with Gasteiger partial charge in [0, 0.05) is 20.0 Å². The number of ether oxygens (including phenoxy) is 2. The van der Waals surface area contributed by atoms with Crippen molar-refractivity contribution in [2.24, 2.45) is 0 Å². The summed E-state index contributed by atoms with van der Waals surface area (Å²) >= 11 is 0. The maximum absolute atomic E-state index is 11.1. The van der Waals surface area contributed by atoms with Crippen LogP contribution in [0.1, 0.15) is 44.9 Å².